The predicted octanol–water partition coefficient (Wildman–Crippen LogP) is -0.438. The lowest BCUT2D eigenvalue weighted by Gasteiger charge is -2.35. The van der Waals surface area contributed by atoms with E-state index in [4.69, 9.17) is 0 Å². The molecule has 1 saturated heterocycles. The minimum absolute atomic E-state index is 0.583. The fourth-order valence-electron chi connectivity index (χ4n) is 2.50. The normalized spacial score (nSPS) is 26.0. The first kappa shape index (κ1) is 13.3. The van der Waals surface area contributed by atoms with Gasteiger partial charge in [0.15, 0.2) is 0 Å². The van der Waals surface area contributed by atoms with E-state index in [2.05, 4.69) is 10.2 Å². The summed E-state index contributed by atoms with van der Waals surface area (Å²) < 4.78 is 24.3. The summed E-state index contributed by atoms with van der Waals surface area (Å²) in [7, 11) is -0.973. The van der Waals surface area contributed by atoms with Crippen molar-refractivity contribution in [2.45, 2.75) is 18.9 Å². The molecule has 0 amide bonds. The van der Waals surface area contributed by atoms with Crippen LogP contribution in [0.5, 0.6) is 0 Å². The second kappa shape index (κ2) is 5.22. The number of sulfonamides is 1. The largest absolute Gasteiger partial charge is 0.315 e. The van der Waals surface area contributed by atoms with E-state index in [0.29, 0.717) is 19.1 Å². The molecule has 100 valence electrons. The molecule has 0 bridgehead atoms. The number of rotatable bonds is 5. The van der Waals surface area contributed by atoms with Crippen LogP contribution >= 0.6 is 0 Å². The maximum atomic E-state index is 11.4. The molecule has 2 fully saturated rings. The van der Waals surface area contributed by atoms with Crippen LogP contribution in [-0.4, -0.2) is 69.7 Å². The zero-order valence-electron chi connectivity index (χ0n) is 10.7. The molecule has 0 aromatic heterocycles. The molecule has 17 heavy (non-hydrogen) atoms. The number of piperazine rings is 1. The van der Waals surface area contributed by atoms with Gasteiger partial charge in [0.1, 0.15) is 0 Å². The monoisotopic (exact) mass is 261 g/mol. The van der Waals surface area contributed by atoms with E-state index < -0.39 is 10.0 Å². The Labute approximate surface area is 104 Å². The van der Waals surface area contributed by atoms with Gasteiger partial charge < -0.3 is 5.32 Å². The number of nitrogens with one attached hydrogen (secondary N) is 1. The average Bonchev–Trinajstić information content (AvgIpc) is 3.09. The average molecular weight is 261 g/mol. The Bertz CT molecular complexity index is 346. The summed E-state index contributed by atoms with van der Waals surface area (Å²) in [5, 5.41) is 3.38. The van der Waals surface area contributed by atoms with Gasteiger partial charge in [0.2, 0.25) is 10.0 Å². The Kier molecular flexibility index (Phi) is 4.07. The molecule has 1 aliphatic carbocycles. The molecule has 0 spiro atoms. The summed E-state index contributed by atoms with van der Waals surface area (Å²) >= 11 is 0. The summed E-state index contributed by atoms with van der Waals surface area (Å²) in [6, 6.07) is 0.583. The molecule has 1 aliphatic heterocycles. The van der Waals surface area contributed by atoms with Crippen molar-refractivity contribution in [3.63, 3.8) is 0 Å². The van der Waals surface area contributed by atoms with Crippen molar-refractivity contribution in [1.82, 2.24) is 14.5 Å². The van der Waals surface area contributed by atoms with E-state index in [1.165, 1.54) is 19.1 Å². The summed E-state index contributed by atoms with van der Waals surface area (Å²) in [5.74, 6) is 0.841. The number of hydrogen-bond donors (Lipinski definition) is 1. The van der Waals surface area contributed by atoms with Crippen LogP contribution in [0.15, 0.2) is 0 Å². The first-order chi connectivity index (χ1) is 8.00. The minimum atomic E-state index is -3.00. The van der Waals surface area contributed by atoms with E-state index in [1.54, 1.807) is 4.31 Å². The number of nitrogens with zero attached hydrogens (tertiary/aromatic N) is 2. The van der Waals surface area contributed by atoms with Crippen LogP contribution < -0.4 is 5.32 Å². The SMILES string of the molecule is CNC(CN1CCN(S(C)(=O)=O)CC1)C1CC1. The Balaban J connectivity index is 1.78. The van der Waals surface area contributed by atoms with Crippen molar-refractivity contribution >= 4 is 10.0 Å². The van der Waals surface area contributed by atoms with Gasteiger partial charge >= 0.3 is 0 Å². The Morgan fingerprint density at radius 1 is 1.24 bits per heavy atom. The minimum Gasteiger partial charge on any atom is -0.315 e. The van der Waals surface area contributed by atoms with E-state index in [9.17, 15) is 8.42 Å². The molecule has 6 heteroatoms. The quantitative estimate of drug-likeness (QED) is 0.729. The van der Waals surface area contributed by atoms with E-state index in [1.807, 2.05) is 7.05 Å². The molecule has 2 rings (SSSR count). The molecular weight excluding hydrogens is 238 g/mol. The molecule has 1 atom stereocenters. The molecule has 2 aliphatic rings. The van der Waals surface area contributed by atoms with Crippen LogP contribution in [0.2, 0.25) is 0 Å². The molecule has 0 aromatic carbocycles. The van der Waals surface area contributed by atoms with Crippen molar-refractivity contribution in [2.75, 3.05) is 46.0 Å². The molecule has 1 saturated carbocycles. The standard InChI is InChI=1S/C11H23N3O2S/c1-12-11(10-3-4-10)9-13-5-7-14(8-6-13)17(2,15)16/h10-12H,3-9H2,1-2H3. The lowest BCUT2D eigenvalue weighted by Crippen LogP contribution is -2.51. The Hall–Kier alpha value is -0.170. The summed E-state index contributed by atoms with van der Waals surface area (Å²) in [4.78, 5) is 2.38. The van der Waals surface area contributed by atoms with Gasteiger partial charge in [-0.15, -0.1) is 0 Å². The predicted molar refractivity (Wildman–Crippen MR) is 68.4 cm³/mol. The van der Waals surface area contributed by atoms with Gasteiger partial charge in [0, 0.05) is 38.8 Å². The van der Waals surface area contributed by atoms with Gasteiger partial charge in [0.25, 0.3) is 0 Å². The van der Waals surface area contributed by atoms with Crippen LogP contribution in [-0.2, 0) is 10.0 Å². The molecule has 0 aromatic rings. The highest BCUT2D eigenvalue weighted by Gasteiger charge is 2.32. The third-order valence-corrected chi connectivity index (χ3v) is 5.12. The highest BCUT2D eigenvalue weighted by atomic mass is 32.2. The third kappa shape index (κ3) is 3.64. The van der Waals surface area contributed by atoms with Gasteiger partial charge in [-0.1, -0.05) is 0 Å². The van der Waals surface area contributed by atoms with Gasteiger partial charge in [-0.25, -0.2) is 8.42 Å². The molecule has 1 unspecified atom stereocenters. The van der Waals surface area contributed by atoms with Crippen LogP contribution in [0.25, 0.3) is 0 Å². The highest BCUT2D eigenvalue weighted by Crippen LogP contribution is 2.32. The molecular formula is C11H23N3O2S. The third-order valence-electron chi connectivity index (χ3n) is 3.82. The molecule has 0 radical (unpaired) electrons. The zero-order chi connectivity index (χ0) is 12.5. The lowest BCUT2D eigenvalue weighted by molar-refractivity contribution is 0.169. The van der Waals surface area contributed by atoms with Crippen LogP contribution in [0, 0.1) is 5.92 Å². The van der Waals surface area contributed by atoms with Crippen molar-refractivity contribution in [1.29, 1.82) is 0 Å². The summed E-state index contributed by atoms with van der Waals surface area (Å²) in [6.45, 7) is 4.05. The second-order valence-corrected chi connectivity index (χ2v) is 7.18. The first-order valence-corrected chi connectivity index (χ1v) is 8.20. The lowest BCUT2D eigenvalue weighted by atomic mass is 10.1. The van der Waals surface area contributed by atoms with Crippen molar-refractivity contribution < 1.29 is 8.42 Å². The van der Waals surface area contributed by atoms with Crippen molar-refractivity contribution in [3.8, 4) is 0 Å². The van der Waals surface area contributed by atoms with Crippen LogP contribution in [0.1, 0.15) is 12.8 Å². The maximum Gasteiger partial charge on any atom is 0.211 e. The molecule has 1 N–H and O–H groups in total. The van der Waals surface area contributed by atoms with Crippen molar-refractivity contribution in [2.24, 2.45) is 5.92 Å². The molecule has 5 nitrogen and oxygen atoms in total. The fourth-order valence-corrected chi connectivity index (χ4v) is 3.32. The zero-order valence-corrected chi connectivity index (χ0v) is 11.5. The van der Waals surface area contributed by atoms with Gasteiger partial charge in [-0.05, 0) is 25.8 Å². The summed E-state index contributed by atoms with van der Waals surface area (Å²) in [5.41, 5.74) is 0. The van der Waals surface area contributed by atoms with Crippen LogP contribution in [0.3, 0.4) is 0 Å². The second-order valence-electron chi connectivity index (χ2n) is 5.20. The van der Waals surface area contributed by atoms with Gasteiger partial charge in [-0.3, -0.25) is 4.90 Å². The van der Waals surface area contributed by atoms with E-state index in [-0.39, 0.29) is 0 Å². The fraction of sp³-hybridized carbons (Fsp3) is 1.00. The smallest absolute Gasteiger partial charge is 0.211 e. The van der Waals surface area contributed by atoms with E-state index in [0.717, 1.165) is 25.6 Å². The van der Waals surface area contributed by atoms with Gasteiger partial charge in [0.05, 0.1) is 6.26 Å². The van der Waals surface area contributed by atoms with Gasteiger partial charge in [-0.2, -0.15) is 4.31 Å². The topological polar surface area (TPSA) is 52.6 Å². The van der Waals surface area contributed by atoms with Crippen LogP contribution in [0.4, 0.5) is 0 Å². The summed E-state index contributed by atoms with van der Waals surface area (Å²) in [6.07, 6.45) is 3.98. The number of likely N-dealkylation sites (N-methyl/N-ethyl adjacent to an activating group) is 1. The van der Waals surface area contributed by atoms with E-state index >= 15 is 0 Å². The number of hydrogen-bond acceptors (Lipinski definition) is 4. The highest BCUT2D eigenvalue weighted by molar-refractivity contribution is 7.88. The first-order valence-electron chi connectivity index (χ1n) is 6.35. The molecule has 1 heterocycles. The maximum absolute atomic E-state index is 11.4. The Morgan fingerprint density at radius 3 is 2.24 bits per heavy atom. The Morgan fingerprint density at radius 2 is 1.82 bits per heavy atom. The van der Waals surface area contributed by atoms with Crippen molar-refractivity contribution in [3.05, 3.63) is 0 Å².